The number of hydrogen-bond acceptors (Lipinski definition) is 7. The molecule has 2 fully saturated rings. The molecule has 0 unspecified atom stereocenters. The van der Waals surface area contributed by atoms with Crippen molar-refractivity contribution in [2.24, 2.45) is 0 Å². The first kappa shape index (κ1) is 24.8. The third kappa shape index (κ3) is 5.27. The van der Waals surface area contributed by atoms with Crippen molar-refractivity contribution in [3.8, 4) is 11.3 Å². The van der Waals surface area contributed by atoms with Crippen molar-refractivity contribution in [2.45, 2.75) is 39.2 Å². The second kappa shape index (κ2) is 10.2. The van der Waals surface area contributed by atoms with E-state index in [0.717, 1.165) is 61.6 Å². The zero-order chi connectivity index (χ0) is 25.3. The maximum atomic E-state index is 6.44. The van der Waals surface area contributed by atoms with Crippen molar-refractivity contribution in [3.63, 3.8) is 0 Å². The number of aromatic nitrogens is 3. The predicted molar refractivity (Wildman–Crippen MR) is 147 cm³/mol. The van der Waals surface area contributed by atoms with Crippen LogP contribution in [0.2, 0.25) is 5.02 Å². The summed E-state index contributed by atoms with van der Waals surface area (Å²) in [6, 6.07) is 14.9. The molecule has 0 amide bonds. The number of rotatable bonds is 4. The Morgan fingerprint density at radius 2 is 1.69 bits per heavy atom. The zero-order valence-corrected chi connectivity index (χ0v) is 22.4. The van der Waals surface area contributed by atoms with Crippen molar-refractivity contribution in [1.29, 1.82) is 0 Å². The Hall–Kier alpha value is -2.90. The fourth-order valence-electron chi connectivity index (χ4n) is 4.86. The summed E-state index contributed by atoms with van der Waals surface area (Å²) in [7, 11) is 0. The second-order valence-electron chi connectivity index (χ2n) is 10.6. The number of benzene rings is 1. The SMILES string of the molecule is C[C@@H]1CN(c2ncccc2Cl)CCN1c1cc(-c2ccc(C(C)(C)C)cc2)nc(N2CCOCC2)n1. The number of ether oxygens (including phenoxy) is 1. The first-order valence-electron chi connectivity index (χ1n) is 12.7. The van der Waals surface area contributed by atoms with Gasteiger partial charge in [-0.25, -0.2) is 9.97 Å². The van der Waals surface area contributed by atoms with E-state index in [-0.39, 0.29) is 11.5 Å². The third-order valence-electron chi connectivity index (χ3n) is 7.00. The highest BCUT2D eigenvalue weighted by Gasteiger charge is 2.28. The van der Waals surface area contributed by atoms with E-state index in [0.29, 0.717) is 18.2 Å². The minimum atomic E-state index is 0.111. The topological polar surface area (TPSA) is 57.6 Å². The number of nitrogens with zero attached hydrogens (tertiary/aromatic N) is 6. The summed E-state index contributed by atoms with van der Waals surface area (Å²) < 4.78 is 5.58. The summed E-state index contributed by atoms with van der Waals surface area (Å²) in [4.78, 5) is 21.5. The molecule has 0 aliphatic carbocycles. The Morgan fingerprint density at radius 3 is 2.36 bits per heavy atom. The fourth-order valence-corrected chi connectivity index (χ4v) is 5.10. The van der Waals surface area contributed by atoms with Crippen molar-refractivity contribution in [1.82, 2.24) is 15.0 Å². The Morgan fingerprint density at radius 1 is 0.944 bits per heavy atom. The quantitative estimate of drug-likeness (QED) is 0.491. The van der Waals surface area contributed by atoms with Gasteiger partial charge < -0.3 is 19.4 Å². The van der Waals surface area contributed by atoms with Crippen LogP contribution in [-0.4, -0.2) is 66.9 Å². The van der Waals surface area contributed by atoms with Crippen LogP contribution in [0.25, 0.3) is 11.3 Å². The van der Waals surface area contributed by atoms with Crippen molar-refractivity contribution >= 4 is 29.2 Å². The molecule has 4 heterocycles. The van der Waals surface area contributed by atoms with Crippen LogP contribution in [0.1, 0.15) is 33.3 Å². The van der Waals surface area contributed by atoms with Gasteiger partial charge in [0.1, 0.15) is 11.6 Å². The van der Waals surface area contributed by atoms with E-state index < -0.39 is 0 Å². The van der Waals surface area contributed by atoms with Crippen LogP contribution in [0.3, 0.4) is 0 Å². The monoisotopic (exact) mass is 506 g/mol. The third-order valence-corrected chi connectivity index (χ3v) is 7.30. The van der Waals surface area contributed by atoms with Gasteiger partial charge in [-0.3, -0.25) is 0 Å². The molecule has 2 aliphatic rings. The molecular formula is C28H35ClN6O. The number of hydrogen-bond donors (Lipinski definition) is 0. The lowest BCUT2D eigenvalue weighted by Crippen LogP contribution is -2.53. The number of piperazine rings is 1. The fraction of sp³-hybridized carbons (Fsp3) is 0.464. The van der Waals surface area contributed by atoms with E-state index in [1.165, 1.54) is 5.56 Å². The first-order chi connectivity index (χ1) is 17.3. The molecule has 1 atom stereocenters. The molecule has 36 heavy (non-hydrogen) atoms. The molecule has 3 aromatic rings. The Kier molecular flexibility index (Phi) is 7.04. The molecule has 0 saturated carbocycles. The summed E-state index contributed by atoms with van der Waals surface area (Å²) in [5.74, 6) is 2.58. The smallest absolute Gasteiger partial charge is 0.228 e. The molecule has 2 saturated heterocycles. The van der Waals surface area contributed by atoms with E-state index in [4.69, 9.17) is 26.3 Å². The van der Waals surface area contributed by atoms with E-state index in [1.807, 2.05) is 12.1 Å². The summed E-state index contributed by atoms with van der Waals surface area (Å²) in [5.41, 5.74) is 3.48. The van der Waals surface area contributed by atoms with Gasteiger partial charge in [-0.1, -0.05) is 56.6 Å². The number of pyridine rings is 1. The van der Waals surface area contributed by atoms with Gasteiger partial charge in [-0.15, -0.1) is 0 Å². The average Bonchev–Trinajstić information content (AvgIpc) is 2.89. The largest absolute Gasteiger partial charge is 0.378 e. The molecule has 1 aromatic carbocycles. The van der Waals surface area contributed by atoms with Gasteiger partial charge in [-0.2, -0.15) is 4.98 Å². The maximum Gasteiger partial charge on any atom is 0.228 e. The van der Waals surface area contributed by atoms with Crippen molar-refractivity contribution in [3.05, 3.63) is 59.2 Å². The summed E-state index contributed by atoms with van der Waals surface area (Å²) >= 11 is 6.44. The van der Waals surface area contributed by atoms with E-state index in [1.54, 1.807) is 6.20 Å². The van der Waals surface area contributed by atoms with Gasteiger partial charge in [0.25, 0.3) is 0 Å². The molecule has 0 radical (unpaired) electrons. The molecule has 0 spiro atoms. The standard InChI is InChI=1S/C28H35ClN6O/c1-20-19-34(26-23(29)6-5-11-30-26)12-13-35(20)25-18-24(21-7-9-22(10-8-21)28(2,3)4)31-27(32-25)33-14-16-36-17-15-33/h5-11,18,20H,12-17,19H2,1-4H3/t20-/m1/s1. The zero-order valence-electron chi connectivity index (χ0n) is 21.6. The molecule has 5 rings (SSSR count). The molecule has 2 aliphatic heterocycles. The van der Waals surface area contributed by atoms with E-state index in [9.17, 15) is 0 Å². The van der Waals surface area contributed by atoms with Crippen molar-refractivity contribution < 1.29 is 4.74 Å². The first-order valence-corrected chi connectivity index (χ1v) is 13.1. The van der Waals surface area contributed by atoms with Crippen LogP contribution < -0.4 is 14.7 Å². The summed E-state index contributed by atoms with van der Waals surface area (Å²) in [6.45, 7) is 14.4. The highest BCUT2D eigenvalue weighted by atomic mass is 35.5. The van der Waals surface area contributed by atoms with Crippen LogP contribution in [0, 0.1) is 0 Å². The van der Waals surface area contributed by atoms with Crippen LogP contribution in [0.15, 0.2) is 48.7 Å². The van der Waals surface area contributed by atoms with Gasteiger partial charge in [0.15, 0.2) is 0 Å². The lowest BCUT2D eigenvalue weighted by Gasteiger charge is -2.41. The van der Waals surface area contributed by atoms with Gasteiger partial charge in [-0.05, 0) is 30.0 Å². The second-order valence-corrected chi connectivity index (χ2v) is 11.0. The van der Waals surface area contributed by atoms with Crippen LogP contribution >= 0.6 is 11.6 Å². The Balaban J connectivity index is 1.46. The molecule has 2 aromatic heterocycles. The van der Waals surface area contributed by atoms with Crippen LogP contribution in [0.4, 0.5) is 17.6 Å². The molecule has 0 bridgehead atoms. The van der Waals surface area contributed by atoms with Gasteiger partial charge in [0.2, 0.25) is 5.95 Å². The maximum absolute atomic E-state index is 6.44. The summed E-state index contributed by atoms with van der Waals surface area (Å²) in [6.07, 6.45) is 1.80. The lowest BCUT2D eigenvalue weighted by atomic mass is 9.86. The van der Waals surface area contributed by atoms with Gasteiger partial charge >= 0.3 is 0 Å². The van der Waals surface area contributed by atoms with Crippen LogP contribution in [-0.2, 0) is 10.2 Å². The van der Waals surface area contributed by atoms with Gasteiger partial charge in [0.05, 0.1) is 23.9 Å². The van der Waals surface area contributed by atoms with E-state index >= 15 is 0 Å². The number of morpholine rings is 1. The normalized spacial score (nSPS) is 19.0. The highest BCUT2D eigenvalue weighted by Crippen LogP contribution is 2.31. The number of halogens is 1. The van der Waals surface area contributed by atoms with Crippen LogP contribution in [0.5, 0.6) is 0 Å². The summed E-state index contributed by atoms with van der Waals surface area (Å²) in [5, 5.41) is 0.691. The molecule has 190 valence electrons. The minimum absolute atomic E-state index is 0.111. The number of anilines is 3. The predicted octanol–water partition coefficient (Wildman–Crippen LogP) is 5.04. The average molecular weight is 507 g/mol. The lowest BCUT2D eigenvalue weighted by molar-refractivity contribution is 0.122. The highest BCUT2D eigenvalue weighted by molar-refractivity contribution is 6.32. The Bertz CT molecular complexity index is 1190. The van der Waals surface area contributed by atoms with Gasteiger partial charge in [0, 0.05) is 56.6 Å². The van der Waals surface area contributed by atoms with E-state index in [2.05, 4.69) is 77.7 Å². The minimum Gasteiger partial charge on any atom is -0.378 e. The Labute approximate surface area is 219 Å². The molecule has 8 heteroatoms. The molecule has 7 nitrogen and oxygen atoms in total. The molecular weight excluding hydrogens is 472 g/mol. The molecule has 0 N–H and O–H groups in total. The van der Waals surface area contributed by atoms with Crippen molar-refractivity contribution in [2.75, 3.05) is 60.6 Å².